The lowest BCUT2D eigenvalue weighted by molar-refractivity contribution is 0.318. The van der Waals surface area contributed by atoms with Crippen LogP contribution in [0.15, 0.2) is 35.6 Å². The lowest BCUT2D eigenvalue weighted by Gasteiger charge is -1.97. The molecule has 0 aliphatic carbocycles. The van der Waals surface area contributed by atoms with Gasteiger partial charge in [-0.1, -0.05) is 5.16 Å². The van der Waals surface area contributed by atoms with Gasteiger partial charge in [-0.05, 0) is 24.3 Å². The molecule has 2 aromatic rings. The van der Waals surface area contributed by atoms with Gasteiger partial charge in [0.1, 0.15) is 5.82 Å². The molecule has 0 saturated heterocycles. The number of nitrogens with zero attached hydrogens (tertiary/aromatic N) is 4. The monoisotopic (exact) mass is 221 g/mol. The van der Waals surface area contributed by atoms with Crippen LogP contribution in [0.3, 0.4) is 0 Å². The summed E-state index contributed by atoms with van der Waals surface area (Å²) in [5, 5.41) is 19.1. The minimum Gasteiger partial charge on any atom is -0.409 e. The lowest BCUT2D eigenvalue weighted by Crippen LogP contribution is -2.14. The average molecular weight is 221 g/mol. The van der Waals surface area contributed by atoms with E-state index in [0.29, 0.717) is 5.69 Å². The molecule has 0 aliphatic heterocycles. The van der Waals surface area contributed by atoms with Crippen LogP contribution in [0.4, 0.5) is 4.39 Å². The number of halogens is 1. The highest BCUT2D eigenvalue weighted by Crippen LogP contribution is 2.06. The van der Waals surface area contributed by atoms with Crippen LogP contribution in [0.1, 0.15) is 5.69 Å². The third-order valence-corrected chi connectivity index (χ3v) is 1.92. The van der Waals surface area contributed by atoms with Crippen molar-refractivity contribution in [3.05, 3.63) is 42.0 Å². The maximum absolute atomic E-state index is 12.7. The van der Waals surface area contributed by atoms with Gasteiger partial charge in [-0.3, -0.25) is 0 Å². The summed E-state index contributed by atoms with van der Waals surface area (Å²) in [6, 6.07) is 5.63. The molecular formula is C9H8FN5O. The Hall–Kier alpha value is -2.44. The predicted molar refractivity (Wildman–Crippen MR) is 53.8 cm³/mol. The normalized spacial score (nSPS) is 11.7. The van der Waals surface area contributed by atoms with Crippen molar-refractivity contribution in [1.29, 1.82) is 0 Å². The first-order chi connectivity index (χ1) is 7.70. The van der Waals surface area contributed by atoms with Gasteiger partial charge in [0.05, 0.1) is 11.9 Å². The number of oxime groups is 1. The summed E-state index contributed by atoms with van der Waals surface area (Å²) in [5.41, 5.74) is 6.16. The lowest BCUT2D eigenvalue weighted by atomic mass is 10.3. The highest BCUT2D eigenvalue weighted by molar-refractivity contribution is 5.94. The summed E-state index contributed by atoms with van der Waals surface area (Å²) in [4.78, 5) is 1.26. The van der Waals surface area contributed by atoms with E-state index in [0.717, 1.165) is 0 Å². The molecule has 0 unspecified atom stereocenters. The zero-order valence-corrected chi connectivity index (χ0v) is 8.08. The Bertz CT molecular complexity index is 519. The third kappa shape index (κ3) is 1.83. The minimum atomic E-state index is -0.340. The predicted octanol–water partition coefficient (Wildman–Crippen LogP) is 0.501. The Balaban J connectivity index is 2.35. The largest absolute Gasteiger partial charge is 0.409 e. The summed E-state index contributed by atoms with van der Waals surface area (Å²) in [5.74, 6) is -0.471. The van der Waals surface area contributed by atoms with Crippen LogP contribution in [-0.2, 0) is 0 Å². The van der Waals surface area contributed by atoms with Gasteiger partial charge >= 0.3 is 0 Å². The topological polar surface area (TPSA) is 89.3 Å². The standard InChI is InChI=1S/C9H8FN5O/c10-6-1-3-7(4-2-6)15-12-5-8(13-15)9(11)14-16/h1-5,16H,(H2,11,14). The van der Waals surface area contributed by atoms with E-state index in [4.69, 9.17) is 10.9 Å². The van der Waals surface area contributed by atoms with E-state index in [9.17, 15) is 4.39 Å². The van der Waals surface area contributed by atoms with Crippen LogP contribution >= 0.6 is 0 Å². The molecule has 0 bridgehead atoms. The molecule has 0 radical (unpaired) electrons. The first-order valence-corrected chi connectivity index (χ1v) is 4.37. The minimum absolute atomic E-state index is 0.131. The Labute approximate surface area is 89.8 Å². The maximum Gasteiger partial charge on any atom is 0.192 e. The van der Waals surface area contributed by atoms with Gasteiger partial charge in [-0.15, -0.1) is 5.10 Å². The van der Waals surface area contributed by atoms with Crippen molar-refractivity contribution in [2.24, 2.45) is 10.9 Å². The molecule has 3 N–H and O–H groups in total. The van der Waals surface area contributed by atoms with E-state index in [1.54, 1.807) is 0 Å². The third-order valence-electron chi connectivity index (χ3n) is 1.92. The van der Waals surface area contributed by atoms with Crippen LogP contribution in [0, 0.1) is 5.82 Å². The molecule has 16 heavy (non-hydrogen) atoms. The summed E-state index contributed by atoms with van der Waals surface area (Å²) in [6.45, 7) is 0. The molecule has 0 amide bonds. The van der Waals surface area contributed by atoms with Crippen molar-refractivity contribution in [2.45, 2.75) is 0 Å². The molecule has 6 nitrogen and oxygen atoms in total. The van der Waals surface area contributed by atoms with Crippen molar-refractivity contribution >= 4 is 5.84 Å². The van der Waals surface area contributed by atoms with Gasteiger partial charge in [0, 0.05) is 0 Å². The smallest absolute Gasteiger partial charge is 0.192 e. The number of hydrogen-bond acceptors (Lipinski definition) is 4. The second-order valence-corrected chi connectivity index (χ2v) is 2.98. The van der Waals surface area contributed by atoms with Crippen LogP contribution < -0.4 is 5.73 Å². The van der Waals surface area contributed by atoms with Crippen molar-refractivity contribution < 1.29 is 9.60 Å². The first kappa shape index (κ1) is 10.1. The second-order valence-electron chi connectivity index (χ2n) is 2.98. The molecule has 0 spiro atoms. The molecule has 2 rings (SSSR count). The fourth-order valence-electron chi connectivity index (χ4n) is 1.13. The van der Waals surface area contributed by atoms with E-state index in [-0.39, 0.29) is 17.3 Å². The van der Waals surface area contributed by atoms with E-state index in [1.807, 2.05) is 0 Å². The van der Waals surface area contributed by atoms with Crippen molar-refractivity contribution in [2.75, 3.05) is 0 Å². The number of hydrogen-bond donors (Lipinski definition) is 2. The van der Waals surface area contributed by atoms with Crippen molar-refractivity contribution in [3.8, 4) is 5.69 Å². The highest BCUT2D eigenvalue weighted by atomic mass is 19.1. The first-order valence-electron chi connectivity index (χ1n) is 4.37. The number of aromatic nitrogens is 3. The molecule has 1 aromatic carbocycles. The van der Waals surface area contributed by atoms with Gasteiger partial charge in [-0.2, -0.15) is 9.90 Å². The molecule has 0 aliphatic rings. The van der Waals surface area contributed by atoms with Crippen LogP contribution in [-0.4, -0.2) is 26.0 Å². The van der Waals surface area contributed by atoms with Gasteiger partial charge < -0.3 is 10.9 Å². The van der Waals surface area contributed by atoms with Crippen molar-refractivity contribution in [1.82, 2.24) is 15.0 Å². The number of amidine groups is 1. The molecule has 0 saturated carbocycles. The van der Waals surface area contributed by atoms with Crippen LogP contribution in [0.5, 0.6) is 0 Å². The zero-order chi connectivity index (χ0) is 11.5. The Morgan fingerprint density at radius 1 is 1.38 bits per heavy atom. The Morgan fingerprint density at radius 2 is 2.06 bits per heavy atom. The molecule has 0 fully saturated rings. The molecule has 7 heteroatoms. The number of rotatable bonds is 2. The fraction of sp³-hybridized carbons (Fsp3) is 0. The van der Waals surface area contributed by atoms with E-state index in [1.165, 1.54) is 35.3 Å². The summed E-state index contributed by atoms with van der Waals surface area (Å²) < 4.78 is 12.7. The molecule has 0 atom stereocenters. The van der Waals surface area contributed by atoms with Gasteiger partial charge in [-0.25, -0.2) is 4.39 Å². The quantitative estimate of drug-likeness (QED) is 0.334. The average Bonchev–Trinajstić information content (AvgIpc) is 2.78. The second kappa shape index (κ2) is 3.97. The molecule has 82 valence electrons. The van der Waals surface area contributed by atoms with E-state index >= 15 is 0 Å². The van der Waals surface area contributed by atoms with Gasteiger partial charge in [0.2, 0.25) is 0 Å². The maximum atomic E-state index is 12.7. The summed E-state index contributed by atoms with van der Waals surface area (Å²) >= 11 is 0. The molecule has 1 aromatic heterocycles. The van der Waals surface area contributed by atoms with Gasteiger partial charge in [0.25, 0.3) is 0 Å². The Morgan fingerprint density at radius 3 is 2.69 bits per heavy atom. The Kier molecular flexibility index (Phi) is 2.50. The highest BCUT2D eigenvalue weighted by Gasteiger charge is 2.06. The van der Waals surface area contributed by atoms with Crippen molar-refractivity contribution in [3.63, 3.8) is 0 Å². The summed E-state index contributed by atoms with van der Waals surface area (Å²) in [6.07, 6.45) is 1.35. The van der Waals surface area contributed by atoms with Crippen LogP contribution in [0.25, 0.3) is 5.69 Å². The fourth-order valence-corrected chi connectivity index (χ4v) is 1.13. The summed E-state index contributed by atoms with van der Waals surface area (Å²) in [7, 11) is 0. The van der Waals surface area contributed by atoms with Crippen LogP contribution in [0.2, 0.25) is 0 Å². The molecular weight excluding hydrogens is 213 g/mol. The number of benzene rings is 1. The van der Waals surface area contributed by atoms with E-state index < -0.39 is 0 Å². The SMILES string of the molecule is N/C(=N\O)c1cnn(-c2ccc(F)cc2)n1. The number of nitrogens with two attached hydrogens (primary N) is 1. The molecule has 1 heterocycles. The zero-order valence-electron chi connectivity index (χ0n) is 8.08. The van der Waals surface area contributed by atoms with E-state index in [2.05, 4.69) is 15.4 Å². The van der Waals surface area contributed by atoms with Gasteiger partial charge in [0.15, 0.2) is 11.5 Å².